The Bertz CT molecular complexity index is 1120. The molecule has 0 heterocycles. The van der Waals surface area contributed by atoms with E-state index in [1.165, 1.54) is 250 Å². The van der Waals surface area contributed by atoms with Gasteiger partial charge in [0.2, 0.25) is 5.91 Å². The van der Waals surface area contributed by atoms with Crippen molar-refractivity contribution < 1.29 is 32.9 Å². The zero-order valence-corrected chi connectivity index (χ0v) is 47.2. The van der Waals surface area contributed by atoms with Gasteiger partial charge in [0.15, 0.2) is 0 Å². The van der Waals surface area contributed by atoms with Crippen molar-refractivity contribution >= 4 is 13.7 Å². The van der Waals surface area contributed by atoms with Gasteiger partial charge >= 0.3 is 0 Å². The normalized spacial score (nSPS) is 13.9. The number of likely N-dealkylation sites (N-methyl/N-ethyl adjacent to an activating group) is 1. The van der Waals surface area contributed by atoms with Gasteiger partial charge in [0.05, 0.1) is 39.9 Å². The Kier molecular flexibility index (Phi) is 50.6. The van der Waals surface area contributed by atoms with E-state index in [0.717, 1.165) is 38.5 Å². The maximum atomic E-state index is 13.0. The van der Waals surface area contributed by atoms with Crippen LogP contribution in [-0.2, 0) is 18.4 Å². The molecule has 0 bridgehead atoms. The number of quaternary nitrogens is 1. The van der Waals surface area contributed by atoms with Gasteiger partial charge in [0, 0.05) is 6.42 Å². The lowest BCUT2D eigenvalue weighted by Gasteiger charge is -2.29. The fourth-order valence-corrected chi connectivity index (χ4v) is 10.00. The first kappa shape index (κ1) is 67.2. The summed E-state index contributed by atoms with van der Waals surface area (Å²) in [5, 5.41) is 13.9. The first-order chi connectivity index (χ1) is 33.0. The number of aliphatic hydroxyl groups is 1. The molecule has 3 atom stereocenters. The number of rotatable bonds is 56. The number of aliphatic hydroxyl groups excluding tert-OH is 1. The van der Waals surface area contributed by atoms with Gasteiger partial charge in [-0.1, -0.05) is 296 Å². The van der Waals surface area contributed by atoms with Gasteiger partial charge in [-0.15, -0.1) is 0 Å². The van der Waals surface area contributed by atoms with E-state index in [1.807, 2.05) is 27.2 Å². The number of hydrogen-bond acceptors (Lipinski definition) is 6. The van der Waals surface area contributed by atoms with Crippen molar-refractivity contribution in [2.75, 3.05) is 40.9 Å². The molecule has 8 nitrogen and oxygen atoms in total. The molecule has 2 N–H and O–H groups in total. The topological polar surface area (TPSA) is 108 Å². The predicted octanol–water partition coefficient (Wildman–Crippen LogP) is 17.6. The summed E-state index contributed by atoms with van der Waals surface area (Å²) < 4.78 is 23.4. The van der Waals surface area contributed by atoms with E-state index in [1.54, 1.807) is 6.08 Å². The monoisotopic (exact) mass is 983 g/mol. The predicted molar refractivity (Wildman–Crippen MR) is 293 cm³/mol. The highest BCUT2D eigenvalue weighted by molar-refractivity contribution is 7.45. The van der Waals surface area contributed by atoms with Crippen LogP contribution < -0.4 is 10.2 Å². The second kappa shape index (κ2) is 51.2. The minimum absolute atomic E-state index is 0.00266. The molecule has 0 saturated carbocycles. The van der Waals surface area contributed by atoms with Crippen LogP contribution in [0.5, 0.6) is 0 Å². The molecule has 0 aliphatic rings. The molecule has 406 valence electrons. The van der Waals surface area contributed by atoms with E-state index in [2.05, 4.69) is 19.2 Å². The van der Waals surface area contributed by atoms with Crippen molar-refractivity contribution in [3.63, 3.8) is 0 Å². The fraction of sp³-hybridized carbons (Fsp3) is 0.949. The van der Waals surface area contributed by atoms with Gasteiger partial charge in [-0.25, -0.2) is 0 Å². The number of phosphoric ester groups is 1. The number of hydrogen-bond donors (Lipinski definition) is 2. The summed E-state index contributed by atoms with van der Waals surface area (Å²) in [6, 6.07) is -0.882. The number of nitrogens with one attached hydrogen (secondary N) is 1. The average molecular weight is 984 g/mol. The Hall–Kier alpha value is -0.760. The van der Waals surface area contributed by atoms with E-state index in [-0.39, 0.29) is 19.1 Å². The van der Waals surface area contributed by atoms with Crippen LogP contribution in [0.15, 0.2) is 12.2 Å². The molecule has 0 aliphatic heterocycles. The third-order valence-electron chi connectivity index (χ3n) is 14.0. The molecule has 0 aromatic rings. The SMILES string of the molecule is CCCCCCCCCCCCCCCCC/C=C/C(O)C(COP(=O)([O-])OCC[N+](C)(C)C)NC(=O)CCCCCCCCCCCCCCCCCCCCCCCCCCCCCCC. The highest BCUT2D eigenvalue weighted by Crippen LogP contribution is 2.38. The minimum atomic E-state index is -4.59. The molecular weight excluding hydrogens is 864 g/mol. The van der Waals surface area contributed by atoms with Crippen molar-refractivity contribution in [3.8, 4) is 0 Å². The Morgan fingerprint density at radius 3 is 1.10 bits per heavy atom. The molecule has 0 rings (SSSR count). The molecule has 1 amide bonds. The smallest absolute Gasteiger partial charge is 0.268 e. The molecule has 0 aliphatic carbocycles. The van der Waals surface area contributed by atoms with Crippen LogP contribution in [0.1, 0.15) is 309 Å². The van der Waals surface area contributed by atoms with Crippen LogP contribution in [0.2, 0.25) is 0 Å². The van der Waals surface area contributed by atoms with Gasteiger partial charge in [0.1, 0.15) is 13.2 Å². The lowest BCUT2D eigenvalue weighted by Crippen LogP contribution is -2.45. The third kappa shape index (κ3) is 53.0. The van der Waals surface area contributed by atoms with Crippen LogP contribution in [0.25, 0.3) is 0 Å². The van der Waals surface area contributed by atoms with Crippen LogP contribution in [-0.4, -0.2) is 68.5 Å². The van der Waals surface area contributed by atoms with Crippen molar-refractivity contribution in [2.45, 2.75) is 321 Å². The summed E-state index contributed by atoms with van der Waals surface area (Å²) in [5.41, 5.74) is 0. The van der Waals surface area contributed by atoms with Crippen LogP contribution in [0.3, 0.4) is 0 Å². The average Bonchev–Trinajstić information content (AvgIpc) is 3.30. The summed E-state index contributed by atoms with van der Waals surface area (Å²) in [6.45, 7) is 4.70. The standard InChI is InChI=1S/C59H119N2O6P/c1-6-8-10-12-14-16-18-20-22-24-25-26-27-28-29-30-31-32-33-34-35-37-39-41-43-45-47-49-51-53-59(63)60-57(56-67-68(64,65)66-55-54-61(3,4)5)58(62)52-50-48-46-44-42-40-38-36-23-21-19-17-15-13-11-9-7-2/h50,52,57-58,62H,6-49,51,53-56H2,1-5H3,(H-,60,63,64,65)/b52-50+. The highest BCUT2D eigenvalue weighted by atomic mass is 31.2. The van der Waals surface area contributed by atoms with Crippen molar-refractivity contribution in [3.05, 3.63) is 12.2 Å². The third-order valence-corrected chi connectivity index (χ3v) is 15.0. The number of phosphoric acid groups is 1. The second-order valence-electron chi connectivity index (χ2n) is 22.1. The summed E-state index contributed by atoms with van der Waals surface area (Å²) in [7, 11) is 1.28. The van der Waals surface area contributed by atoms with Crippen molar-refractivity contribution in [2.24, 2.45) is 0 Å². The number of amides is 1. The number of unbranched alkanes of at least 4 members (excludes halogenated alkanes) is 43. The van der Waals surface area contributed by atoms with E-state index in [9.17, 15) is 19.4 Å². The molecule has 0 spiro atoms. The van der Waals surface area contributed by atoms with Crippen molar-refractivity contribution in [1.82, 2.24) is 5.32 Å². The summed E-state index contributed by atoms with van der Waals surface area (Å²) in [6.07, 6.45) is 63.0. The van der Waals surface area contributed by atoms with Crippen LogP contribution >= 0.6 is 7.82 Å². The first-order valence-corrected chi connectivity index (χ1v) is 31.5. The molecule has 0 radical (unpaired) electrons. The Morgan fingerprint density at radius 2 is 0.794 bits per heavy atom. The zero-order chi connectivity index (χ0) is 49.9. The largest absolute Gasteiger partial charge is 0.756 e. The quantitative estimate of drug-likeness (QED) is 0.0272. The Morgan fingerprint density at radius 1 is 0.500 bits per heavy atom. The lowest BCUT2D eigenvalue weighted by atomic mass is 10.0. The molecule has 0 aromatic carbocycles. The maximum Gasteiger partial charge on any atom is 0.268 e. The Labute approximate surface area is 424 Å². The maximum absolute atomic E-state index is 13.0. The number of allylic oxidation sites excluding steroid dienone is 1. The molecule has 68 heavy (non-hydrogen) atoms. The molecule has 0 fully saturated rings. The molecule has 0 aromatic heterocycles. The van der Waals surface area contributed by atoms with Gasteiger partial charge in [-0.05, 0) is 19.3 Å². The van der Waals surface area contributed by atoms with E-state index >= 15 is 0 Å². The van der Waals surface area contributed by atoms with E-state index < -0.39 is 20.0 Å². The van der Waals surface area contributed by atoms with Crippen LogP contribution in [0.4, 0.5) is 0 Å². The minimum Gasteiger partial charge on any atom is -0.756 e. The summed E-state index contributed by atoms with van der Waals surface area (Å²) >= 11 is 0. The highest BCUT2D eigenvalue weighted by Gasteiger charge is 2.23. The van der Waals surface area contributed by atoms with Gasteiger partial charge in [0.25, 0.3) is 7.82 Å². The summed E-state index contributed by atoms with van der Waals surface area (Å²) in [5.74, 6) is -0.190. The van der Waals surface area contributed by atoms with E-state index in [0.29, 0.717) is 17.4 Å². The number of carbonyl (C=O) groups is 1. The zero-order valence-electron chi connectivity index (χ0n) is 46.3. The molecule has 3 unspecified atom stereocenters. The van der Waals surface area contributed by atoms with Gasteiger partial charge in [-0.2, -0.15) is 0 Å². The second-order valence-corrected chi connectivity index (χ2v) is 23.5. The first-order valence-electron chi connectivity index (χ1n) is 30.1. The van der Waals surface area contributed by atoms with Gasteiger partial charge < -0.3 is 28.8 Å². The van der Waals surface area contributed by atoms with Gasteiger partial charge in [-0.3, -0.25) is 9.36 Å². The molecule has 9 heteroatoms. The number of nitrogens with zero attached hydrogens (tertiary/aromatic N) is 1. The van der Waals surface area contributed by atoms with Crippen molar-refractivity contribution in [1.29, 1.82) is 0 Å². The van der Waals surface area contributed by atoms with Crippen LogP contribution in [0, 0.1) is 0 Å². The number of carbonyl (C=O) groups excluding carboxylic acids is 1. The summed E-state index contributed by atoms with van der Waals surface area (Å²) in [4.78, 5) is 25.5. The molecule has 0 saturated heterocycles. The van der Waals surface area contributed by atoms with E-state index in [4.69, 9.17) is 9.05 Å². The fourth-order valence-electron chi connectivity index (χ4n) is 9.27. The molecular formula is C59H119N2O6P. The Balaban J connectivity index is 4.07. The lowest BCUT2D eigenvalue weighted by molar-refractivity contribution is -0.870.